The van der Waals surface area contributed by atoms with Crippen LogP contribution in [0.4, 0.5) is 5.82 Å². The molecule has 9 heteroatoms. The highest BCUT2D eigenvalue weighted by Gasteiger charge is 2.07. The van der Waals surface area contributed by atoms with Crippen LogP contribution < -0.4 is 10.5 Å². The number of hydrogen-bond acceptors (Lipinski definition) is 7. The molecule has 0 unspecified atom stereocenters. The summed E-state index contributed by atoms with van der Waals surface area (Å²) in [6.07, 6.45) is 1.45. The molecule has 2 rings (SSSR count). The number of benzene rings is 1. The quantitative estimate of drug-likeness (QED) is 0.646. The van der Waals surface area contributed by atoms with Gasteiger partial charge in [-0.2, -0.15) is 0 Å². The Balaban J connectivity index is 1.89. The van der Waals surface area contributed by atoms with Crippen molar-refractivity contribution < 1.29 is 14.5 Å². The van der Waals surface area contributed by atoms with Crippen LogP contribution in [0.1, 0.15) is 5.56 Å². The molecule has 0 atom stereocenters. The zero-order valence-electron chi connectivity index (χ0n) is 10.1. The standard InChI is InChI=1S/C11H10Cl2N4O3/c12-7-3-6(9(18)8(13)4-7)5-15-1-2-19-11-10(14)16-20-17-11/h3-5,18H,1-2H2,(H2,14,16). The lowest BCUT2D eigenvalue weighted by atomic mass is 10.2. The first-order chi connectivity index (χ1) is 9.58. The molecule has 0 amide bonds. The van der Waals surface area contributed by atoms with Crippen molar-refractivity contribution in [3.05, 3.63) is 27.7 Å². The number of aliphatic imine (C=N–C) groups is 1. The molecule has 3 N–H and O–H groups in total. The lowest BCUT2D eigenvalue weighted by molar-refractivity contribution is 0.260. The van der Waals surface area contributed by atoms with Crippen LogP contribution in [0, 0.1) is 0 Å². The molecule has 1 aromatic heterocycles. The molecule has 0 bridgehead atoms. The number of phenols is 1. The van der Waals surface area contributed by atoms with E-state index < -0.39 is 0 Å². The molecule has 0 spiro atoms. The number of nitrogens with two attached hydrogens (primary N) is 1. The van der Waals surface area contributed by atoms with E-state index in [0.717, 1.165) is 0 Å². The Hall–Kier alpha value is -1.99. The largest absolute Gasteiger partial charge is 0.506 e. The number of phenolic OH excluding ortho intramolecular Hbond substituents is 1. The number of halogens is 2. The fourth-order valence-electron chi connectivity index (χ4n) is 1.33. The van der Waals surface area contributed by atoms with Crippen LogP contribution in [0.25, 0.3) is 0 Å². The van der Waals surface area contributed by atoms with Gasteiger partial charge in [-0.1, -0.05) is 23.2 Å². The number of aromatic hydroxyl groups is 1. The molecule has 20 heavy (non-hydrogen) atoms. The van der Waals surface area contributed by atoms with Crippen molar-refractivity contribution in [2.45, 2.75) is 0 Å². The van der Waals surface area contributed by atoms with Gasteiger partial charge in [0.05, 0.1) is 11.6 Å². The number of nitrogen functional groups attached to an aromatic ring is 1. The summed E-state index contributed by atoms with van der Waals surface area (Å²) in [7, 11) is 0. The van der Waals surface area contributed by atoms with Crippen molar-refractivity contribution in [3.63, 3.8) is 0 Å². The molecule has 1 aromatic carbocycles. The molecule has 106 valence electrons. The Morgan fingerprint density at radius 1 is 1.40 bits per heavy atom. The normalized spacial score (nSPS) is 11.1. The molecular weight excluding hydrogens is 307 g/mol. The number of ether oxygens (including phenoxy) is 1. The Kier molecular flexibility index (Phi) is 4.65. The SMILES string of the molecule is Nc1nonc1OCCN=Cc1cc(Cl)cc(Cl)c1O. The third kappa shape index (κ3) is 3.52. The van der Waals surface area contributed by atoms with E-state index in [1.54, 1.807) is 6.07 Å². The Morgan fingerprint density at radius 3 is 2.90 bits per heavy atom. The van der Waals surface area contributed by atoms with Crippen molar-refractivity contribution in [2.24, 2.45) is 4.99 Å². The molecule has 0 radical (unpaired) electrons. The second kappa shape index (κ2) is 6.44. The van der Waals surface area contributed by atoms with Gasteiger partial charge in [0.1, 0.15) is 12.4 Å². The van der Waals surface area contributed by atoms with Crippen LogP contribution in [0.2, 0.25) is 10.0 Å². The van der Waals surface area contributed by atoms with Crippen LogP contribution in [-0.2, 0) is 0 Å². The first-order valence-electron chi connectivity index (χ1n) is 5.46. The predicted octanol–water partition coefficient (Wildman–Crippen LogP) is 2.16. The molecule has 0 aliphatic rings. The van der Waals surface area contributed by atoms with E-state index >= 15 is 0 Å². The predicted molar refractivity (Wildman–Crippen MR) is 74.8 cm³/mol. The summed E-state index contributed by atoms with van der Waals surface area (Å²) in [6.45, 7) is 0.542. The van der Waals surface area contributed by atoms with Crippen LogP contribution in [0.5, 0.6) is 11.6 Å². The van der Waals surface area contributed by atoms with Gasteiger partial charge in [-0.05, 0) is 22.4 Å². The van der Waals surface area contributed by atoms with Crippen molar-refractivity contribution in [1.82, 2.24) is 10.3 Å². The minimum absolute atomic E-state index is 0.0771. The lowest BCUT2D eigenvalue weighted by Crippen LogP contribution is -2.03. The number of rotatable bonds is 5. The van der Waals surface area contributed by atoms with Crippen molar-refractivity contribution in [2.75, 3.05) is 18.9 Å². The maximum absolute atomic E-state index is 9.70. The van der Waals surface area contributed by atoms with Crippen molar-refractivity contribution >= 4 is 35.2 Å². The number of aromatic nitrogens is 2. The van der Waals surface area contributed by atoms with Gasteiger partial charge >= 0.3 is 0 Å². The van der Waals surface area contributed by atoms with Crippen molar-refractivity contribution in [1.29, 1.82) is 0 Å². The Bertz CT molecular complexity index is 630. The minimum atomic E-state index is -0.0781. The van der Waals surface area contributed by atoms with Gasteiger partial charge in [-0.25, -0.2) is 4.63 Å². The van der Waals surface area contributed by atoms with E-state index in [1.807, 2.05) is 0 Å². The molecule has 0 saturated carbocycles. The second-order valence-electron chi connectivity index (χ2n) is 3.66. The van der Waals surface area contributed by atoms with Gasteiger partial charge < -0.3 is 15.6 Å². The zero-order valence-corrected chi connectivity index (χ0v) is 11.6. The molecule has 2 aromatic rings. The average molecular weight is 317 g/mol. The van der Waals surface area contributed by atoms with Gasteiger partial charge in [0.25, 0.3) is 5.88 Å². The molecular formula is C11H10Cl2N4O3. The van der Waals surface area contributed by atoms with Gasteiger partial charge in [-0.15, -0.1) is 0 Å². The fourth-order valence-corrected chi connectivity index (χ4v) is 1.84. The highest BCUT2D eigenvalue weighted by molar-refractivity contribution is 6.36. The van der Waals surface area contributed by atoms with Crippen molar-refractivity contribution in [3.8, 4) is 11.6 Å². The highest BCUT2D eigenvalue weighted by Crippen LogP contribution is 2.29. The van der Waals surface area contributed by atoms with Crippen LogP contribution in [0.15, 0.2) is 21.8 Å². The van der Waals surface area contributed by atoms with E-state index in [-0.39, 0.29) is 29.1 Å². The summed E-state index contributed by atoms with van der Waals surface area (Å²) in [6, 6.07) is 2.99. The summed E-state index contributed by atoms with van der Waals surface area (Å²) < 4.78 is 9.53. The summed E-state index contributed by atoms with van der Waals surface area (Å²) in [5.74, 6) is 0.118. The summed E-state index contributed by atoms with van der Waals surface area (Å²) in [4.78, 5) is 4.07. The summed E-state index contributed by atoms with van der Waals surface area (Å²) >= 11 is 11.6. The highest BCUT2D eigenvalue weighted by atomic mass is 35.5. The maximum Gasteiger partial charge on any atom is 0.300 e. The summed E-state index contributed by atoms with van der Waals surface area (Å²) in [5, 5.41) is 17.1. The summed E-state index contributed by atoms with van der Waals surface area (Å²) in [5.41, 5.74) is 5.83. The third-order valence-corrected chi connectivity index (χ3v) is 2.74. The number of hydrogen-bond donors (Lipinski definition) is 2. The van der Waals surface area contributed by atoms with Gasteiger partial charge in [-0.3, -0.25) is 4.99 Å². The minimum Gasteiger partial charge on any atom is -0.506 e. The zero-order chi connectivity index (χ0) is 14.5. The van der Waals surface area contributed by atoms with Crippen LogP contribution in [0.3, 0.4) is 0 Å². The van der Waals surface area contributed by atoms with E-state index in [2.05, 4.69) is 19.9 Å². The molecule has 1 heterocycles. The molecule has 0 aliphatic heterocycles. The van der Waals surface area contributed by atoms with Gasteiger partial charge in [0.15, 0.2) is 0 Å². The van der Waals surface area contributed by atoms with Crippen LogP contribution in [-0.4, -0.2) is 34.8 Å². The maximum atomic E-state index is 9.70. The fraction of sp³-hybridized carbons (Fsp3) is 0.182. The third-order valence-electron chi connectivity index (χ3n) is 2.23. The number of nitrogens with zero attached hydrogens (tertiary/aromatic N) is 3. The van der Waals surface area contributed by atoms with Gasteiger partial charge in [0.2, 0.25) is 5.82 Å². The first kappa shape index (κ1) is 14.4. The van der Waals surface area contributed by atoms with Gasteiger partial charge in [0, 0.05) is 16.8 Å². The van der Waals surface area contributed by atoms with Crippen LogP contribution >= 0.6 is 23.2 Å². The molecule has 0 aliphatic carbocycles. The Labute approximate surface area is 123 Å². The first-order valence-corrected chi connectivity index (χ1v) is 6.22. The molecule has 7 nitrogen and oxygen atoms in total. The molecule has 0 saturated heterocycles. The average Bonchev–Trinajstić information content (AvgIpc) is 2.80. The van der Waals surface area contributed by atoms with E-state index in [1.165, 1.54) is 12.3 Å². The molecule has 0 fully saturated rings. The second-order valence-corrected chi connectivity index (χ2v) is 4.51. The number of anilines is 1. The van der Waals surface area contributed by atoms with E-state index in [4.69, 9.17) is 33.7 Å². The Morgan fingerprint density at radius 2 is 2.20 bits per heavy atom. The topological polar surface area (TPSA) is 107 Å². The smallest absolute Gasteiger partial charge is 0.300 e. The monoisotopic (exact) mass is 316 g/mol. The van der Waals surface area contributed by atoms with E-state index in [9.17, 15) is 5.11 Å². The van der Waals surface area contributed by atoms with E-state index in [0.29, 0.717) is 17.1 Å². The lowest BCUT2D eigenvalue weighted by Gasteiger charge is -2.02.